The minimum atomic E-state index is 0.149. The normalized spacial score (nSPS) is 21.6. The van der Waals surface area contributed by atoms with Gasteiger partial charge in [-0.2, -0.15) is 0 Å². The zero-order chi connectivity index (χ0) is 13.3. The van der Waals surface area contributed by atoms with E-state index in [9.17, 15) is 0 Å². The maximum absolute atomic E-state index is 7.37. The molecule has 0 aliphatic carbocycles. The van der Waals surface area contributed by atoms with Crippen LogP contribution in [0.1, 0.15) is 39.5 Å². The third-order valence-corrected chi connectivity index (χ3v) is 3.51. The molecule has 3 N–H and O–H groups in total. The Balaban J connectivity index is 0.000000581. The van der Waals surface area contributed by atoms with E-state index in [0.29, 0.717) is 0 Å². The molecule has 0 amide bonds. The second-order valence-electron chi connectivity index (χ2n) is 3.99. The molecule has 0 aromatic rings. The van der Waals surface area contributed by atoms with Crippen molar-refractivity contribution in [3.63, 3.8) is 0 Å². The molecule has 2 heterocycles. The van der Waals surface area contributed by atoms with E-state index in [4.69, 9.17) is 11.1 Å². The van der Waals surface area contributed by atoms with Crippen molar-refractivity contribution in [3.8, 4) is 0 Å². The standard InChI is InChI=1S/C10H17N3.C2H6.CH3P/c11-7-9(8-12)10-3-1-5-13(10)6-2-4-10;2*1-2/h7-8,11H,1-6,12H2;1-2H3;2H,1H2/b9-8+,11-7?;;. The van der Waals surface area contributed by atoms with Crippen LogP contribution in [0.3, 0.4) is 0 Å². The monoisotopic (exact) mass is 255 g/mol. The Kier molecular flexibility index (Phi) is 8.11. The van der Waals surface area contributed by atoms with Crippen LogP contribution in [0.15, 0.2) is 11.8 Å². The van der Waals surface area contributed by atoms with Gasteiger partial charge in [-0.05, 0) is 38.8 Å². The van der Waals surface area contributed by atoms with Crippen LogP contribution in [0.4, 0.5) is 0 Å². The number of nitrogens with two attached hydrogens (primary N) is 1. The number of rotatable bonds is 2. The van der Waals surface area contributed by atoms with Crippen molar-refractivity contribution in [1.29, 1.82) is 5.41 Å². The first-order valence-corrected chi connectivity index (χ1v) is 7.07. The van der Waals surface area contributed by atoms with Crippen molar-refractivity contribution in [2.24, 2.45) is 5.73 Å². The van der Waals surface area contributed by atoms with E-state index in [0.717, 1.165) is 5.57 Å². The van der Waals surface area contributed by atoms with E-state index in [1.165, 1.54) is 45.0 Å². The fourth-order valence-corrected chi connectivity index (χ4v) is 2.91. The van der Waals surface area contributed by atoms with E-state index in [-0.39, 0.29) is 5.54 Å². The highest BCUT2D eigenvalue weighted by molar-refractivity contribution is 7.15. The maximum Gasteiger partial charge on any atom is 0.0490 e. The summed E-state index contributed by atoms with van der Waals surface area (Å²) in [5, 5.41) is 7.37. The van der Waals surface area contributed by atoms with Gasteiger partial charge < -0.3 is 11.1 Å². The van der Waals surface area contributed by atoms with Gasteiger partial charge in [-0.25, -0.2) is 0 Å². The van der Waals surface area contributed by atoms with Gasteiger partial charge in [0.05, 0.1) is 0 Å². The molecule has 0 radical (unpaired) electrons. The van der Waals surface area contributed by atoms with Gasteiger partial charge in [0, 0.05) is 23.5 Å². The van der Waals surface area contributed by atoms with Crippen LogP contribution in [-0.4, -0.2) is 36.0 Å². The summed E-state index contributed by atoms with van der Waals surface area (Å²) in [6.07, 6.45) is 11.0. The summed E-state index contributed by atoms with van der Waals surface area (Å²) in [6, 6.07) is 0. The molecule has 0 atom stereocenters. The molecule has 2 rings (SSSR count). The van der Waals surface area contributed by atoms with Crippen molar-refractivity contribution < 1.29 is 0 Å². The van der Waals surface area contributed by atoms with Crippen molar-refractivity contribution in [1.82, 2.24) is 4.90 Å². The van der Waals surface area contributed by atoms with Gasteiger partial charge in [-0.1, -0.05) is 20.1 Å². The molecule has 3 nitrogen and oxygen atoms in total. The lowest BCUT2D eigenvalue weighted by molar-refractivity contribution is 0.243. The molecule has 0 saturated carbocycles. The predicted molar refractivity (Wildman–Crippen MR) is 80.6 cm³/mol. The van der Waals surface area contributed by atoms with Crippen LogP contribution in [-0.2, 0) is 0 Å². The molecule has 0 spiro atoms. The van der Waals surface area contributed by atoms with Gasteiger partial charge in [0.1, 0.15) is 0 Å². The van der Waals surface area contributed by atoms with Crippen LogP contribution in [0, 0.1) is 5.41 Å². The molecule has 2 aliphatic rings. The van der Waals surface area contributed by atoms with Crippen LogP contribution in [0.25, 0.3) is 0 Å². The van der Waals surface area contributed by atoms with Gasteiger partial charge >= 0.3 is 0 Å². The fourth-order valence-electron chi connectivity index (χ4n) is 2.91. The fraction of sp³-hybridized carbons (Fsp3) is 0.692. The summed E-state index contributed by atoms with van der Waals surface area (Å²) >= 11 is 0. The Hall–Kier alpha value is -0.660. The first-order valence-electron chi connectivity index (χ1n) is 6.37. The lowest BCUT2D eigenvalue weighted by Crippen LogP contribution is -2.40. The van der Waals surface area contributed by atoms with E-state index < -0.39 is 0 Å². The average molecular weight is 255 g/mol. The van der Waals surface area contributed by atoms with Crippen LogP contribution < -0.4 is 5.73 Å². The molecule has 0 unspecified atom stereocenters. The van der Waals surface area contributed by atoms with E-state index >= 15 is 0 Å². The Labute approximate surface area is 108 Å². The summed E-state index contributed by atoms with van der Waals surface area (Å²) in [5.74, 6) is 0. The summed E-state index contributed by atoms with van der Waals surface area (Å²) in [4.78, 5) is 2.50. The maximum atomic E-state index is 7.37. The number of hydrogen-bond donors (Lipinski definition) is 2. The van der Waals surface area contributed by atoms with Gasteiger partial charge in [0.2, 0.25) is 0 Å². The second kappa shape index (κ2) is 8.43. The number of nitrogens with zero attached hydrogens (tertiary/aromatic N) is 1. The topological polar surface area (TPSA) is 53.1 Å². The van der Waals surface area contributed by atoms with Gasteiger partial charge in [0.25, 0.3) is 0 Å². The van der Waals surface area contributed by atoms with Crippen molar-refractivity contribution in [3.05, 3.63) is 11.8 Å². The van der Waals surface area contributed by atoms with Crippen molar-refractivity contribution >= 4 is 21.4 Å². The van der Waals surface area contributed by atoms with Gasteiger partial charge in [0.15, 0.2) is 0 Å². The van der Waals surface area contributed by atoms with E-state index in [1.807, 2.05) is 13.8 Å². The second-order valence-corrected chi connectivity index (χ2v) is 3.99. The Bertz CT molecular complexity index is 253. The Morgan fingerprint density at radius 1 is 1.29 bits per heavy atom. The zero-order valence-electron chi connectivity index (χ0n) is 11.1. The Morgan fingerprint density at radius 3 is 2.12 bits per heavy atom. The highest BCUT2D eigenvalue weighted by Gasteiger charge is 2.45. The Morgan fingerprint density at radius 2 is 1.76 bits per heavy atom. The number of nitrogens with one attached hydrogen (secondary N) is 1. The smallest absolute Gasteiger partial charge is 0.0490 e. The SMILES string of the molecule is C=P.CC.N=C/C(=C\N)C12CCCN1CCC2. The minimum absolute atomic E-state index is 0.149. The van der Waals surface area contributed by atoms with Crippen molar-refractivity contribution in [2.75, 3.05) is 13.1 Å². The predicted octanol–water partition coefficient (Wildman–Crippen LogP) is 2.69. The molecule has 0 aromatic heterocycles. The number of hydrogen-bond acceptors (Lipinski definition) is 3. The molecule has 17 heavy (non-hydrogen) atoms. The van der Waals surface area contributed by atoms with Crippen LogP contribution in [0.5, 0.6) is 0 Å². The van der Waals surface area contributed by atoms with Crippen molar-refractivity contribution in [2.45, 2.75) is 45.1 Å². The molecule has 2 fully saturated rings. The van der Waals surface area contributed by atoms with Crippen LogP contribution in [0.2, 0.25) is 0 Å². The highest BCUT2D eigenvalue weighted by Crippen LogP contribution is 2.42. The summed E-state index contributed by atoms with van der Waals surface area (Å²) < 4.78 is 0. The van der Waals surface area contributed by atoms with Gasteiger partial charge in [-0.15, -0.1) is 8.86 Å². The third-order valence-electron chi connectivity index (χ3n) is 3.51. The quantitative estimate of drug-likeness (QED) is 0.589. The molecule has 2 saturated heterocycles. The molecular formula is C13H26N3P. The van der Waals surface area contributed by atoms with E-state index in [2.05, 4.69) is 20.1 Å². The first kappa shape index (κ1) is 16.3. The lowest BCUT2D eigenvalue weighted by Gasteiger charge is -2.32. The molecular weight excluding hydrogens is 229 g/mol. The first-order chi connectivity index (χ1) is 8.33. The summed E-state index contributed by atoms with van der Waals surface area (Å²) in [7, 11) is 2.72. The summed E-state index contributed by atoms with van der Waals surface area (Å²) in [6.45, 7) is 6.37. The third kappa shape index (κ3) is 3.17. The number of fused-ring (bicyclic) bond motifs is 1. The molecule has 2 aliphatic heterocycles. The summed E-state index contributed by atoms with van der Waals surface area (Å²) in [5.41, 5.74) is 6.74. The van der Waals surface area contributed by atoms with Gasteiger partial charge in [-0.3, -0.25) is 4.90 Å². The minimum Gasteiger partial charge on any atom is -0.404 e. The molecule has 0 aromatic carbocycles. The van der Waals surface area contributed by atoms with Crippen LogP contribution >= 0.6 is 8.86 Å². The largest absolute Gasteiger partial charge is 0.404 e. The average Bonchev–Trinajstić information content (AvgIpc) is 2.95. The lowest BCUT2D eigenvalue weighted by atomic mass is 9.86. The van der Waals surface area contributed by atoms with E-state index in [1.54, 1.807) is 6.20 Å². The zero-order valence-corrected chi connectivity index (χ0v) is 12.1. The molecule has 4 heteroatoms. The molecule has 98 valence electrons. The highest BCUT2D eigenvalue weighted by atomic mass is 31.0. The molecule has 0 bridgehead atoms.